The van der Waals surface area contributed by atoms with E-state index in [1.54, 1.807) is 0 Å². The number of amides is 1. The minimum Gasteiger partial charge on any atom is -0.338 e. The quantitative estimate of drug-likeness (QED) is 0.943. The highest BCUT2D eigenvalue weighted by atomic mass is 32.1. The van der Waals surface area contributed by atoms with Crippen molar-refractivity contribution < 1.29 is 4.79 Å². The molecule has 1 amide bonds. The fourth-order valence-corrected chi connectivity index (χ4v) is 3.56. The van der Waals surface area contributed by atoms with E-state index in [1.807, 2.05) is 46.7 Å². The van der Waals surface area contributed by atoms with E-state index in [2.05, 4.69) is 0 Å². The Bertz CT molecular complexity index is 594. The van der Waals surface area contributed by atoms with Gasteiger partial charge in [0, 0.05) is 18.7 Å². The number of hydrogen-bond donors (Lipinski definition) is 1. The molecule has 104 valence electrons. The summed E-state index contributed by atoms with van der Waals surface area (Å²) in [5, 5.41) is 1.99. The molecule has 1 saturated heterocycles. The molecular weight excluding hydrogens is 268 g/mol. The first-order valence-electron chi connectivity index (χ1n) is 6.92. The minimum atomic E-state index is 0.148. The lowest BCUT2D eigenvalue weighted by atomic mass is 10.1. The summed E-state index contributed by atoms with van der Waals surface area (Å²) < 4.78 is 0. The van der Waals surface area contributed by atoms with Crippen molar-refractivity contribution in [2.75, 3.05) is 19.6 Å². The monoisotopic (exact) mass is 286 g/mol. The van der Waals surface area contributed by atoms with Crippen LogP contribution in [0.4, 0.5) is 0 Å². The van der Waals surface area contributed by atoms with Gasteiger partial charge in [-0.3, -0.25) is 4.79 Å². The lowest BCUT2D eigenvalue weighted by molar-refractivity contribution is 0.0793. The van der Waals surface area contributed by atoms with E-state index in [4.69, 9.17) is 5.73 Å². The molecule has 3 rings (SSSR count). The van der Waals surface area contributed by atoms with Gasteiger partial charge in [-0.05, 0) is 35.9 Å². The first-order chi connectivity index (χ1) is 9.79. The number of carbonyl (C=O) groups excluding carboxylic acids is 1. The predicted octanol–water partition coefficient (Wildman–Crippen LogP) is 2.84. The maximum absolute atomic E-state index is 12.7. The highest BCUT2D eigenvalue weighted by Gasteiger charge is 2.28. The molecule has 1 fully saturated rings. The van der Waals surface area contributed by atoms with Crippen molar-refractivity contribution in [1.29, 1.82) is 0 Å². The van der Waals surface area contributed by atoms with Crippen LogP contribution in [-0.4, -0.2) is 30.4 Å². The zero-order valence-corrected chi connectivity index (χ0v) is 12.1. The molecule has 1 aromatic carbocycles. The van der Waals surface area contributed by atoms with E-state index in [1.165, 1.54) is 11.3 Å². The highest BCUT2D eigenvalue weighted by Crippen LogP contribution is 2.30. The van der Waals surface area contributed by atoms with Crippen molar-refractivity contribution in [1.82, 2.24) is 4.90 Å². The third kappa shape index (κ3) is 2.49. The number of thiophene rings is 1. The second kappa shape index (κ2) is 5.77. The Morgan fingerprint density at radius 2 is 2.10 bits per heavy atom. The molecule has 3 nitrogen and oxygen atoms in total. The Hall–Kier alpha value is -1.65. The maximum atomic E-state index is 12.7. The van der Waals surface area contributed by atoms with Crippen LogP contribution in [0.3, 0.4) is 0 Å². The van der Waals surface area contributed by atoms with Crippen molar-refractivity contribution in [3.8, 4) is 11.1 Å². The van der Waals surface area contributed by atoms with Crippen molar-refractivity contribution >= 4 is 17.2 Å². The zero-order valence-electron chi connectivity index (χ0n) is 11.3. The second-order valence-corrected chi connectivity index (χ2v) is 6.09. The Labute approximate surface area is 123 Å². The van der Waals surface area contributed by atoms with Crippen LogP contribution in [0.1, 0.15) is 16.1 Å². The molecule has 4 heteroatoms. The van der Waals surface area contributed by atoms with E-state index in [-0.39, 0.29) is 5.91 Å². The lowest BCUT2D eigenvalue weighted by Gasteiger charge is -2.16. The van der Waals surface area contributed by atoms with Gasteiger partial charge in [0.1, 0.15) is 0 Å². The van der Waals surface area contributed by atoms with Gasteiger partial charge in [-0.25, -0.2) is 0 Å². The Balaban J connectivity index is 1.85. The van der Waals surface area contributed by atoms with Gasteiger partial charge in [-0.1, -0.05) is 30.3 Å². The molecule has 0 aliphatic carbocycles. The fraction of sp³-hybridized carbons (Fsp3) is 0.312. The summed E-state index contributed by atoms with van der Waals surface area (Å²) in [6.07, 6.45) is 1.02. The number of nitrogens with two attached hydrogens (primary N) is 1. The van der Waals surface area contributed by atoms with Crippen LogP contribution in [0.15, 0.2) is 41.8 Å². The molecule has 0 saturated carbocycles. The minimum absolute atomic E-state index is 0.148. The van der Waals surface area contributed by atoms with Gasteiger partial charge in [-0.2, -0.15) is 0 Å². The third-order valence-electron chi connectivity index (χ3n) is 3.85. The summed E-state index contributed by atoms with van der Waals surface area (Å²) in [6, 6.07) is 12.1. The summed E-state index contributed by atoms with van der Waals surface area (Å²) in [4.78, 5) is 15.4. The van der Waals surface area contributed by atoms with Gasteiger partial charge in [0.2, 0.25) is 0 Å². The lowest BCUT2D eigenvalue weighted by Crippen LogP contribution is -2.29. The Morgan fingerprint density at radius 1 is 1.30 bits per heavy atom. The zero-order chi connectivity index (χ0) is 13.9. The number of carbonyl (C=O) groups is 1. The number of likely N-dealkylation sites (tertiary alicyclic amines) is 1. The van der Waals surface area contributed by atoms with E-state index >= 15 is 0 Å². The van der Waals surface area contributed by atoms with E-state index < -0.39 is 0 Å². The summed E-state index contributed by atoms with van der Waals surface area (Å²) in [6.45, 7) is 2.29. The van der Waals surface area contributed by atoms with Gasteiger partial charge < -0.3 is 10.6 Å². The van der Waals surface area contributed by atoms with Gasteiger partial charge in [0.25, 0.3) is 5.91 Å². The average Bonchev–Trinajstić information content (AvgIpc) is 3.16. The van der Waals surface area contributed by atoms with Crippen molar-refractivity contribution in [3.63, 3.8) is 0 Å². The summed E-state index contributed by atoms with van der Waals surface area (Å²) in [7, 11) is 0. The van der Waals surface area contributed by atoms with Crippen LogP contribution in [0.5, 0.6) is 0 Å². The number of rotatable bonds is 3. The number of hydrogen-bond acceptors (Lipinski definition) is 3. The van der Waals surface area contributed by atoms with Gasteiger partial charge >= 0.3 is 0 Å². The largest absolute Gasteiger partial charge is 0.338 e. The molecule has 1 aliphatic heterocycles. The number of benzene rings is 1. The third-order valence-corrected chi connectivity index (χ3v) is 4.75. The van der Waals surface area contributed by atoms with Crippen LogP contribution in [0.25, 0.3) is 11.1 Å². The van der Waals surface area contributed by atoms with E-state index in [0.29, 0.717) is 12.5 Å². The molecule has 0 radical (unpaired) electrons. The van der Waals surface area contributed by atoms with Crippen LogP contribution in [0, 0.1) is 5.92 Å². The molecule has 1 aliphatic rings. The van der Waals surface area contributed by atoms with Crippen LogP contribution < -0.4 is 5.73 Å². The molecule has 1 aromatic heterocycles. The summed E-state index contributed by atoms with van der Waals surface area (Å²) in [5.41, 5.74) is 7.84. The summed E-state index contributed by atoms with van der Waals surface area (Å²) >= 11 is 1.53. The second-order valence-electron chi connectivity index (χ2n) is 5.17. The van der Waals surface area contributed by atoms with Crippen LogP contribution in [-0.2, 0) is 0 Å². The normalized spacial score (nSPS) is 18.4. The van der Waals surface area contributed by atoms with Gasteiger partial charge in [0.15, 0.2) is 0 Å². The molecule has 1 unspecified atom stereocenters. The van der Waals surface area contributed by atoms with Crippen molar-refractivity contribution in [2.45, 2.75) is 6.42 Å². The van der Waals surface area contributed by atoms with E-state index in [9.17, 15) is 4.79 Å². The molecule has 2 aromatic rings. The number of nitrogens with zero attached hydrogens (tertiary/aromatic N) is 1. The first-order valence-corrected chi connectivity index (χ1v) is 7.80. The van der Waals surface area contributed by atoms with Gasteiger partial charge in [-0.15, -0.1) is 11.3 Å². The topological polar surface area (TPSA) is 46.3 Å². The average molecular weight is 286 g/mol. The van der Waals surface area contributed by atoms with Gasteiger partial charge in [0.05, 0.1) is 4.88 Å². The predicted molar refractivity (Wildman–Crippen MR) is 82.8 cm³/mol. The highest BCUT2D eigenvalue weighted by molar-refractivity contribution is 7.12. The SMILES string of the molecule is NCC1CCN(C(=O)c2sccc2-c2ccccc2)C1. The van der Waals surface area contributed by atoms with Crippen molar-refractivity contribution in [3.05, 3.63) is 46.7 Å². The molecule has 0 bridgehead atoms. The summed E-state index contributed by atoms with van der Waals surface area (Å²) in [5.74, 6) is 0.605. The Morgan fingerprint density at radius 3 is 2.80 bits per heavy atom. The molecule has 1 atom stereocenters. The molecule has 2 heterocycles. The molecule has 20 heavy (non-hydrogen) atoms. The van der Waals surface area contributed by atoms with E-state index in [0.717, 1.165) is 35.5 Å². The van der Waals surface area contributed by atoms with Crippen LogP contribution >= 0.6 is 11.3 Å². The first kappa shape index (κ1) is 13.3. The molecule has 2 N–H and O–H groups in total. The smallest absolute Gasteiger partial charge is 0.264 e. The van der Waals surface area contributed by atoms with Crippen LogP contribution in [0.2, 0.25) is 0 Å². The van der Waals surface area contributed by atoms with Crippen molar-refractivity contribution in [2.24, 2.45) is 11.7 Å². The standard InChI is InChI=1S/C16H18N2OS/c17-10-12-6-8-18(11-12)16(19)15-14(7-9-20-15)13-4-2-1-3-5-13/h1-5,7,9,12H,6,8,10-11,17H2. The molecule has 0 spiro atoms. The molecular formula is C16H18N2OS. The maximum Gasteiger partial charge on any atom is 0.264 e. The fourth-order valence-electron chi connectivity index (χ4n) is 2.67. The Kier molecular flexibility index (Phi) is 3.85.